The smallest absolute Gasteiger partial charge is 0.162 e. The molecule has 0 aliphatic rings. The number of hydrogen-bond donors (Lipinski definition) is 0. The van der Waals surface area contributed by atoms with Crippen LogP contribution in [0.5, 0.6) is 5.75 Å². The molecule has 0 spiro atoms. The number of para-hydroxylation sites is 3. The lowest BCUT2D eigenvalue weighted by Gasteiger charge is -2.14. The second-order valence-electron chi connectivity index (χ2n) is 13.8. The van der Waals surface area contributed by atoms with Gasteiger partial charge >= 0.3 is 0 Å². The van der Waals surface area contributed by atoms with Gasteiger partial charge in [0.05, 0.1) is 34.7 Å². The van der Waals surface area contributed by atoms with E-state index >= 15 is 0 Å². The highest BCUT2D eigenvalue weighted by Gasteiger charge is 2.20. The monoisotopic (exact) mass is 692 g/mol. The Morgan fingerprint density at radius 3 is 1.74 bits per heavy atom. The molecule has 0 aliphatic heterocycles. The highest BCUT2D eigenvalue weighted by molar-refractivity contribution is 6.14. The molecule has 5 heteroatoms. The lowest BCUT2D eigenvalue weighted by Crippen LogP contribution is -2.03. The second-order valence-corrected chi connectivity index (χ2v) is 13.8. The molecule has 5 nitrogen and oxygen atoms in total. The number of benzene rings is 8. The van der Waals surface area contributed by atoms with E-state index in [1.807, 2.05) is 12.1 Å². The Labute approximate surface area is 311 Å². The second kappa shape index (κ2) is 11.9. The topological polar surface area (TPSA) is 44.9 Å². The van der Waals surface area contributed by atoms with Crippen molar-refractivity contribution in [3.8, 4) is 39.8 Å². The zero-order valence-corrected chi connectivity index (χ0v) is 29.4. The minimum Gasteiger partial charge on any atom is -0.497 e. The van der Waals surface area contributed by atoms with Crippen molar-refractivity contribution in [1.29, 1.82) is 0 Å². The van der Waals surface area contributed by atoms with Crippen LogP contribution in [0.1, 0.15) is 0 Å². The van der Waals surface area contributed by atoms with Crippen molar-refractivity contribution in [3.05, 3.63) is 176 Å². The molecule has 254 valence electrons. The van der Waals surface area contributed by atoms with E-state index in [1.54, 1.807) is 7.11 Å². The molecule has 0 fully saturated rings. The van der Waals surface area contributed by atoms with Crippen LogP contribution in [0.2, 0.25) is 0 Å². The number of ether oxygens (including phenoxy) is 1. The van der Waals surface area contributed by atoms with E-state index in [0.29, 0.717) is 5.82 Å². The summed E-state index contributed by atoms with van der Waals surface area (Å²) < 4.78 is 10.2. The standard InChI is InChI=1S/C49H32N4O/c1-54-36-13-10-12-34(29-36)31-21-23-33(24-22-31)48-50-47-37-14-3-2-11-32(37)25-27-41(47)49(51-48)53-45-20-9-6-17-40(45)42-30-35(26-28-46(42)53)52-43-18-7-4-15-38(43)39-16-5-8-19-44(39)52/h2-30H,1H3. The van der Waals surface area contributed by atoms with Gasteiger partial charge in [-0.25, -0.2) is 9.97 Å². The maximum absolute atomic E-state index is 5.49. The first-order valence-corrected chi connectivity index (χ1v) is 18.2. The van der Waals surface area contributed by atoms with Crippen molar-refractivity contribution in [2.24, 2.45) is 0 Å². The van der Waals surface area contributed by atoms with Gasteiger partial charge in [0.1, 0.15) is 11.6 Å². The fourth-order valence-corrected chi connectivity index (χ4v) is 8.29. The van der Waals surface area contributed by atoms with Gasteiger partial charge in [-0.2, -0.15) is 0 Å². The zero-order chi connectivity index (χ0) is 35.8. The summed E-state index contributed by atoms with van der Waals surface area (Å²) >= 11 is 0. The summed E-state index contributed by atoms with van der Waals surface area (Å²) in [6.07, 6.45) is 0. The van der Waals surface area contributed by atoms with Crippen LogP contribution in [0.4, 0.5) is 0 Å². The molecule has 0 saturated carbocycles. The van der Waals surface area contributed by atoms with Gasteiger partial charge in [0.15, 0.2) is 5.82 Å². The maximum Gasteiger partial charge on any atom is 0.162 e. The number of fused-ring (bicyclic) bond motifs is 9. The van der Waals surface area contributed by atoms with E-state index in [-0.39, 0.29) is 0 Å². The summed E-state index contributed by atoms with van der Waals surface area (Å²) in [5.41, 5.74) is 9.77. The normalized spacial score (nSPS) is 11.8. The summed E-state index contributed by atoms with van der Waals surface area (Å²) in [4.78, 5) is 10.7. The predicted octanol–water partition coefficient (Wildman–Crippen LogP) is 12.3. The van der Waals surface area contributed by atoms with Gasteiger partial charge in [0, 0.05) is 43.6 Å². The number of aromatic nitrogens is 4. The molecule has 0 atom stereocenters. The van der Waals surface area contributed by atoms with Crippen LogP contribution in [0, 0.1) is 0 Å². The Hall–Kier alpha value is -7.24. The summed E-state index contributed by atoms with van der Waals surface area (Å²) in [6.45, 7) is 0. The lowest BCUT2D eigenvalue weighted by atomic mass is 10.0. The van der Waals surface area contributed by atoms with Crippen LogP contribution in [-0.2, 0) is 0 Å². The third-order valence-electron chi connectivity index (χ3n) is 10.8. The van der Waals surface area contributed by atoms with Crippen LogP contribution in [0.25, 0.3) is 99.3 Å². The van der Waals surface area contributed by atoms with E-state index in [4.69, 9.17) is 14.7 Å². The Morgan fingerprint density at radius 2 is 1.02 bits per heavy atom. The average molecular weight is 693 g/mol. The molecule has 0 amide bonds. The molecule has 8 aromatic carbocycles. The Morgan fingerprint density at radius 1 is 0.407 bits per heavy atom. The molecule has 0 unspecified atom stereocenters. The number of nitrogens with zero attached hydrogens (tertiary/aromatic N) is 4. The van der Waals surface area contributed by atoms with E-state index < -0.39 is 0 Å². The van der Waals surface area contributed by atoms with Gasteiger partial charge < -0.3 is 9.30 Å². The molecular weight excluding hydrogens is 661 g/mol. The quantitative estimate of drug-likeness (QED) is 0.169. The van der Waals surface area contributed by atoms with Crippen LogP contribution in [0.15, 0.2) is 176 Å². The first-order chi connectivity index (χ1) is 26.7. The molecule has 54 heavy (non-hydrogen) atoms. The molecule has 3 heterocycles. The highest BCUT2D eigenvalue weighted by atomic mass is 16.5. The van der Waals surface area contributed by atoms with Crippen LogP contribution in [-0.4, -0.2) is 26.2 Å². The largest absolute Gasteiger partial charge is 0.497 e. The summed E-state index contributed by atoms with van der Waals surface area (Å²) in [6, 6.07) is 62.3. The molecule has 11 rings (SSSR count). The number of hydrogen-bond acceptors (Lipinski definition) is 3. The maximum atomic E-state index is 5.49. The molecular formula is C49H32N4O. The van der Waals surface area contributed by atoms with Crippen molar-refractivity contribution < 1.29 is 4.74 Å². The summed E-state index contributed by atoms with van der Waals surface area (Å²) in [5.74, 6) is 2.37. The van der Waals surface area contributed by atoms with Gasteiger partial charge in [0.25, 0.3) is 0 Å². The number of rotatable bonds is 5. The van der Waals surface area contributed by atoms with Crippen LogP contribution in [0.3, 0.4) is 0 Å². The minimum absolute atomic E-state index is 0.680. The Balaban J connectivity index is 1.16. The third kappa shape index (κ3) is 4.58. The van der Waals surface area contributed by atoms with E-state index in [0.717, 1.165) is 66.7 Å². The fraction of sp³-hybridized carbons (Fsp3) is 0.0204. The molecule has 0 radical (unpaired) electrons. The van der Waals surface area contributed by atoms with Gasteiger partial charge in [-0.15, -0.1) is 0 Å². The van der Waals surface area contributed by atoms with Gasteiger partial charge in [0.2, 0.25) is 0 Å². The summed E-state index contributed by atoms with van der Waals surface area (Å²) in [5, 5.41) is 8.08. The van der Waals surface area contributed by atoms with E-state index in [1.165, 1.54) is 32.6 Å². The molecule has 0 aliphatic carbocycles. The van der Waals surface area contributed by atoms with Crippen molar-refractivity contribution >= 4 is 65.3 Å². The fourth-order valence-electron chi connectivity index (χ4n) is 8.29. The predicted molar refractivity (Wildman–Crippen MR) is 223 cm³/mol. The van der Waals surface area contributed by atoms with Gasteiger partial charge in [-0.05, 0) is 71.1 Å². The van der Waals surface area contributed by atoms with Crippen molar-refractivity contribution in [2.75, 3.05) is 7.11 Å². The Kier molecular flexibility index (Phi) is 6.70. The molecule has 3 aromatic heterocycles. The third-order valence-corrected chi connectivity index (χ3v) is 10.8. The highest BCUT2D eigenvalue weighted by Crippen LogP contribution is 2.39. The first-order valence-electron chi connectivity index (χ1n) is 18.2. The van der Waals surface area contributed by atoms with Gasteiger partial charge in [-0.1, -0.05) is 121 Å². The number of methoxy groups -OCH3 is 1. The van der Waals surface area contributed by atoms with Crippen LogP contribution < -0.4 is 4.74 Å². The van der Waals surface area contributed by atoms with Crippen molar-refractivity contribution in [3.63, 3.8) is 0 Å². The molecule has 11 aromatic rings. The SMILES string of the molecule is COc1cccc(-c2ccc(-c3nc(-n4c5ccccc5c5cc(-n6c7ccccc7c7ccccc76)ccc54)c4ccc5ccccc5c4n3)cc2)c1. The van der Waals surface area contributed by atoms with Crippen molar-refractivity contribution in [2.45, 2.75) is 0 Å². The molecule has 0 bridgehead atoms. The van der Waals surface area contributed by atoms with Crippen molar-refractivity contribution in [1.82, 2.24) is 19.1 Å². The van der Waals surface area contributed by atoms with Crippen LogP contribution >= 0.6 is 0 Å². The zero-order valence-electron chi connectivity index (χ0n) is 29.4. The molecule has 0 N–H and O–H groups in total. The summed E-state index contributed by atoms with van der Waals surface area (Å²) in [7, 11) is 1.70. The van der Waals surface area contributed by atoms with Gasteiger partial charge in [-0.3, -0.25) is 4.57 Å². The molecule has 0 saturated heterocycles. The van der Waals surface area contributed by atoms with E-state index in [9.17, 15) is 0 Å². The van der Waals surface area contributed by atoms with E-state index in [2.05, 4.69) is 173 Å². The lowest BCUT2D eigenvalue weighted by molar-refractivity contribution is 0.415. The first kappa shape index (κ1) is 30.4. The average Bonchev–Trinajstić information content (AvgIpc) is 3.76. The minimum atomic E-state index is 0.680. The Bertz CT molecular complexity index is 3210.